The van der Waals surface area contributed by atoms with Gasteiger partial charge < -0.3 is 14.5 Å². The minimum absolute atomic E-state index is 0.177. The fourth-order valence-electron chi connectivity index (χ4n) is 3.70. The summed E-state index contributed by atoms with van der Waals surface area (Å²) in [5.41, 5.74) is 2.30. The summed E-state index contributed by atoms with van der Waals surface area (Å²) in [5, 5.41) is 14.3. The zero-order valence-electron chi connectivity index (χ0n) is 17.0. The number of hydrogen-bond donors (Lipinski definition) is 1. The SMILES string of the molecule is N#Cc1c(NC(=O)C=Cc2ccoc2)sc2c1CCC(COC(=O)N1CCCCO1)C2. The Morgan fingerprint density at radius 2 is 2.32 bits per heavy atom. The van der Waals surface area contributed by atoms with Crippen molar-refractivity contribution in [3.8, 4) is 6.07 Å². The molecule has 0 radical (unpaired) electrons. The van der Waals surface area contributed by atoms with E-state index in [2.05, 4.69) is 11.4 Å². The number of nitrogens with zero attached hydrogens (tertiary/aromatic N) is 2. The largest absolute Gasteiger partial charge is 0.472 e. The van der Waals surface area contributed by atoms with Crippen LogP contribution in [0.2, 0.25) is 0 Å². The average molecular weight is 442 g/mol. The normalized spacial score (nSPS) is 18.4. The van der Waals surface area contributed by atoms with Crippen molar-refractivity contribution in [3.63, 3.8) is 0 Å². The monoisotopic (exact) mass is 441 g/mol. The molecule has 4 rings (SSSR count). The molecule has 1 atom stereocenters. The quantitative estimate of drug-likeness (QED) is 0.700. The number of furan rings is 1. The highest BCUT2D eigenvalue weighted by Gasteiger charge is 2.28. The van der Waals surface area contributed by atoms with Crippen LogP contribution in [0.1, 0.15) is 40.8 Å². The smallest absolute Gasteiger partial charge is 0.433 e. The summed E-state index contributed by atoms with van der Waals surface area (Å²) in [6.07, 6.45) is 9.82. The highest BCUT2D eigenvalue weighted by molar-refractivity contribution is 7.16. The summed E-state index contributed by atoms with van der Waals surface area (Å²) in [6, 6.07) is 3.98. The van der Waals surface area contributed by atoms with Crippen molar-refractivity contribution in [3.05, 3.63) is 46.2 Å². The molecule has 0 spiro atoms. The number of fused-ring (bicyclic) bond motifs is 1. The molecule has 0 saturated carbocycles. The van der Waals surface area contributed by atoms with E-state index in [1.165, 1.54) is 28.7 Å². The third-order valence-corrected chi connectivity index (χ3v) is 6.50. The summed E-state index contributed by atoms with van der Waals surface area (Å²) in [5.74, 6) is -0.126. The van der Waals surface area contributed by atoms with Crippen molar-refractivity contribution < 1.29 is 23.6 Å². The first-order valence-corrected chi connectivity index (χ1v) is 11.1. The van der Waals surface area contributed by atoms with Gasteiger partial charge >= 0.3 is 6.09 Å². The number of nitriles is 1. The van der Waals surface area contributed by atoms with E-state index >= 15 is 0 Å². The number of hydrogen-bond acceptors (Lipinski definition) is 7. The molecule has 2 aliphatic rings. The number of thiophene rings is 1. The zero-order chi connectivity index (χ0) is 21.6. The van der Waals surface area contributed by atoms with Crippen LogP contribution in [0.3, 0.4) is 0 Å². The standard InChI is InChI=1S/C22H23N3O5S/c23-12-18-17-5-3-16(14-29-22(27)25-8-1-2-9-30-25)11-19(17)31-21(18)24-20(26)6-4-15-7-10-28-13-15/h4,6-7,10,13,16H,1-3,5,8-9,11,14H2,(H,24,26). The van der Waals surface area contributed by atoms with Gasteiger partial charge in [0.2, 0.25) is 5.91 Å². The van der Waals surface area contributed by atoms with Gasteiger partial charge in [0.1, 0.15) is 11.1 Å². The van der Waals surface area contributed by atoms with Crippen LogP contribution in [0.4, 0.5) is 9.80 Å². The van der Waals surface area contributed by atoms with Gasteiger partial charge in [0.15, 0.2) is 0 Å². The van der Waals surface area contributed by atoms with E-state index in [1.807, 2.05) is 0 Å². The molecule has 1 unspecified atom stereocenters. The molecular weight excluding hydrogens is 418 g/mol. The van der Waals surface area contributed by atoms with Gasteiger partial charge in [-0.3, -0.25) is 9.63 Å². The fourth-order valence-corrected chi connectivity index (χ4v) is 5.02. The Morgan fingerprint density at radius 3 is 3.06 bits per heavy atom. The van der Waals surface area contributed by atoms with Crippen LogP contribution in [0.15, 0.2) is 29.1 Å². The van der Waals surface area contributed by atoms with E-state index in [9.17, 15) is 14.9 Å². The van der Waals surface area contributed by atoms with E-state index in [0.29, 0.717) is 36.7 Å². The van der Waals surface area contributed by atoms with Crippen LogP contribution in [0.5, 0.6) is 0 Å². The van der Waals surface area contributed by atoms with E-state index in [4.69, 9.17) is 14.0 Å². The Hall–Kier alpha value is -3.09. The average Bonchev–Trinajstić information content (AvgIpc) is 3.43. The highest BCUT2D eigenvalue weighted by Crippen LogP contribution is 2.39. The van der Waals surface area contributed by atoms with Gasteiger partial charge in [0, 0.05) is 16.5 Å². The number of carbonyl (C=O) groups excluding carboxylic acids is 2. The van der Waals surface area contributed by atoms with Gasteiger partial charge in [-0.25, -0.2) is 4.79 Å². The molecule has 3 heterocycles. The predicted octanol–water partition coefficient (Wildman–Crippen LogP) is 4.13. The summed E-state index contributed by atoms with van der Waals surface area (Å²) in [7, 11) is 0. The molecule has 162 valence electrons. The molecule has 1 aliphatic carbocycles. The fraction of sp³-hybridized carbons (Fsp3) is 0.409. The van der Waals surface area contributed by atoms with Crippen LogP contribution < -0.4 is 5.32 Å². The number of rotatable bonds is 5. The lowest BCUT2D eigenvalue weighted by Crippen LogP contribution is -2.37. The molecule has 1 saturated heterocycles. The number of carbonyl (C=O) groups is 2. The molecule has 1 fully saturated rings. The van der Waals surface area contributed by atoms with Crippen molar-refractivity contribution in [2.45, 2.75) is 32.1 Å². The molecule has 0 bridgehead atoms. The Morgan fingerprint density at radius 1 is 1.42 bits per heavy atom. The maximum Gasteiger partial charge on any atom is 0.433 e. The number of nitrogens with one attached hydrogen (secondary N) is 1. The Labute approximate surface area is 184 Å². The Bertz CT molecular complexity index is 999. The lowest BCUT2D eigenvalue weighted by Gasteiger charge is -2.27. The molecular formula is C22H23N3O5S. The number of ether oxygens (including phenoxy) is 1. The molecule has 2 amide bonds. The molecule has 9 heteroatoms. The molecule has 31 heavy (non-hydrogen) atoms. The molecule has 2 aromatic heterocycles. The first-order chi connectivity index (χ1) is 15.1. The molecule has 8 nitrogen and oxygen atoms in total. The van der Waals surface area contributed by atoms with Gasteiger partial charge in [0.25, 0.3) is 0 Å². The second kappa shape index (κ2) is 9.81. The van der Waals surface area contributed by atoms with E-state index in [-0.39, 0.29) is 11.8 Å². The first kappa shape index (κ1) is 21.2. The lowest BCUT2D eigenvalue weighted by atomic mass is 9.88. The number of anilines is 1. The second-order valence-corrected chi connectivity index (χ2v) is 8.63. The van der Waals surface area contributed by atoms with Crippen molar-refractivity contribution in [2.75, 3.05) is 25.1 Å². The maximum atomic E-state index is 12.3. The molecule has 1 aliphatic heterocycles. The Kier molecular flexibility index (Phi) is 6.70. The topological polar surface area (TPSA) is 105 Å². The Balaban J connectivity index is 1.36. The summed E-state index contributed by atoms with van der Waals surface area (Å²) < 4.78 is 10.4. The summed E-state index contributed by atoms with van der Waals surface area (Å²) >= 11 is 1.42. The summed E-state index contributed by atoms with van der Waals surface area (Å²) in [4.78, 5) is 30.8. The third-order valence-electron chi connectivity index (χ3n) is 5.34. The lowest BCUT2D eigenvalue weighted by molar-refractivity contribution is -0.157. The van der Waals surface area contributed by atoms with Gasteiger partial charge in [-0.15, -0.1) is 11.3 Å². The van der Waals surface area contributed by atoms with Crippen LogP contribution in [-0.4, -0.2) is 36.8 Å². The van der Waals surface area contributed by atoms with Crippen molar-refractivity contribution in [1.29, 1.82) is 5.26 Å². The number of hydroxylamine groups is 2. The van der Waals surface area contributed by atoms with Crippen LogP contribution in [-0.2, 0) is 27.2 Å². The van der Waals surface area contributed by atoms with Gasteiger partial charge in [-0.1, -0.05) is 0 Å². The van der Waals surface area contributed by atoms with E-state index in [0.717, 1.165) is 41.7 Å². The number of amides is 2. The van der Waals surface area contributed by atoms with E-state index < -0.39 is 6.09 Å². The minimum Gasteiger partial charge on any atom is -0.472 e. The van der Waals surface area contributed by atoms with Crippen molar-refractivity contribution in [2.24, 2.45) is 5.92 Å². The van der Waals surface area contributed by atoms with Gasteiger partial charge in [0.05, 0.1) is 37.8 Å². The van der Waals surface area contributed by atoms with Crippen molar-refractivity contribution >= 4 is 34.4 Å². The predicted molar refractivity (Wildman–Crippen MR) is 114 cm³/mol. The summed E-state index contributed by atoms with van der Waals surface area (Å²) in [6.45, 7) is 1.41. The van der Waals surface area contributed by atoms with Gasteiger partial charge in [-0.05, 0) is 55.7 Å². The van der Waals surface area contributed by atoms with Crippen LogP contribution in [0.25, 0.3) is 6.08 Å². The first-order valence-electron chi connectivity index (χ1n) is 10.3. The maximum absolute atomic E-state index is 12.3. The van der Waals surface area contributed by atoms with Crippen molar-refractivity contribution in [1.82, 2.24) is 5.06 Å². The molecule has 0 aromatic carbocycles. The highest BCUT2D eigenvalue weighted by atomic mass is 32.1. The molecule has 1 N–H and O–H groups in total. The van der Waals surface area contributed by atoms with Gasteiger partial charge in [-0.2, -0.15) is 10.3 Å². The third kappa shape index (κ3) is 5.16. The minimum atomic E-state index is -0.438. The zero-order valence-corrected chi connectivity index (χ0v) is 17.8. The van der Waals surface area contributed by atoms with Crippen LogP contribution in [0, 0.1) is 17.2 Å². The van der Waals surface area contributed by atoms with Crippen LogP contribution >= 0.6 is 11.3 Å². The van der Waals surface area contributed by atoms with E-state index in [1.54, 1.807) is 18.4 Å². The molecule has 2 aromatic rings. The second-order valence-electron chi connectivity index (χ2n) is 7.53.